The number of rotatable bonds is 3. The fourth-order valence-corrected chi connectivity index (χ4v) is 3.11. The van der Waals surface area contributed by atoms with Crippen LogP contribution < -0.4 is 4.74 Å². The van der Waals surface area contributed by atoms with Crippen LogP contribution in [-0.4, -0.2) is 17.8 Å². The van der Waals surface area contributed by atoms with Crippen molar-refractivity contribution < 1.29 is 9.53 Å². The molecule has 0 aliphatic carbocycles. The van der Waals surface area contributed by atoms with Crippen LogP contribution in [0.1, 0.15) is 42.4 Å². The van der Waals surface area contributed by atoms with E-state index in [4.69, 9.17) is 4.74 Å². The molecule has 0 fully saturated rings. The number of carbonyl (C=O) groups is 1. The summed E-state index contributed by atoms with van der Waals surface area (Å²) in [5.41, 5.74) is 5.89. The molecule has 0 amide bonds. The van der Waals surface area contributed by atoms with Gasteiger partial charge in [-0.1, -0.05) is 32.9 Å². The summed E-state index contributed by atoms with van der Waals surface area (Å²) in [6.45, 7) is 8.51. The van der Waals surface area contributed by atoms with Gasteiger partial charge in [-0.25, -0.2) is 0 Å². The molecule has 3 aromatic rings. The SMILES string of the molecule is COc1ccc(-c2cc3ccc(C)cn3c2C=O)cc1C(C)(C)C. The molecule has 0 unspecified atom stereocenters. The largest absolute Gasteiger partial charge is 0.496 e. The van der Waals surface area contributed by atoms with Gasteiger partial charge in [0.2, 0.25) is 0 Å². The Balaban J connectivity index is 2.26. The number of hydrogen-bond acceptors (Lipinski definition) is 2. The van der Waals surface area contributed by atoms with Crippen molar-refractivity contribution in [1.29, 1.82) is 0 Å². The second-order valence-electron chi connectivity index (χ2n) is 7.23. The molecule has 0 aliphatic heterocycles. The van der Waals surface area contributed by atoms with E-state index >= 15 is 0 Å². The molecule has 3 heteroatoms. The molecular formula is C21H23NO2. The number of aromatic nitrogens is 1. The predicted molar refractivity (Wildman–Crippen MR) is 98.2 cm³/mol. The molecule has 1 aromatic carbocycles. The first-order chi connectivity index (χ1) is 11.3. The highest BCUT2D eigenvalue weighted by molar-refractivity contribution is 5.90. The van der Waals surface area contributed by atoms with Crippen LogP contribution >= 0.6 is 0 Å². The van der Waals surface area contributed by atoms with Crippen LogP contribution in [0.15, 0.2) is 42.6 Å². The van der Waals surface area contributed by atoms with E-state index in [0.717, 1.165) is 39.8 Å². The number of carbonyl (C=O) groups excluding carboxylic acids is 1. The van der Waals surface area contributed by atoms with Crippen LogP contribution in [0.2, 0.25) is 0 Å². The Labute approximate surface area is 142 Å². The van der Waals surface area contributed by atoms with E-state index in [1.165, 1.54) is 0 Å². The van der Waals surface area contributed by atoms with Crippen molar-refractivity contribution in [1.82, 2.24) is 4.40 Å². The third-order valence-electron chi connectivity index (χ3n) is 4.39. The maximum absolute atomic E-state index is 11.7. The maximum Gasteiger partial charge on any atom is 0.167 e. The number of benzene rings is 1. The highest BCUT2D eigenvalue weighted by atomic mass is 16.5. The highest BCUT2D eigenvalue weighted by Crippen LogP contribution is 2.36. The first-order valence-electron chi connectivity index (χ1n) is 8.11. The minimum Gasteiger partial charge on any atom is -0.496 e. The lowest BCUT2D eigenvalue weighted by Gasteiger charge is -2.23. The average Bonchev–Trinajstić information content (AvgIpc) is 2.91. The van der Waals surface area contributed by atoms with E-state index < -0.39 is 0 Å². The van der Waals surface area contributed by atoms with Crippen molar-refractivity contribution in [3.63, 3.8) is 0 Å². The maximum atomic E-state index is 11.7. The Hall–Kier alpha value is -2.55. The first-order valence-corrected chi connectivity index (χ1v) is 8.11. The highest BCUT2D eigenvalue weighted by Gasteiger charge is 2.21. The van der Waals surface area contributed by atoms with E-state index in [9.17, 15) is 4.79 Å². The molecule has 2 heterocycles. The molecule has 124 valence electrons. The van der Waals surface area contributed by atoms with Crippen LogP contribution in [0.4, 0.5) is 0 Å². The number of fused-ring (bicyclic) bond motifs is 1. The molecule has 0 saturated heterocycles. The van der Waals surface area contributed by atoms with Gasteiger partial charge < -0.3 is 9.14 Å². The molecule has 0 N–H and O–H groups in total. The number of methoxy groups -OCH3 is 1. The summed E-state index contributed by atoms with van der Waals surface area (Å²) in [5, 5.41) is 0. The summed E-state index contributed by atoms with van der Waals surface area (Å²) in [6.07, 6.45) is 2.93. The van der Waals surface area contributed by atoms with Crippen LogP contribution in [-0.2, 0) is 5.41 Å². The molecule has 0 aliphatic rings. The minimum absolute atomic E-state index is 0.0432. The number of nitrogens with zero attached hydrogens (tertiary/aromatic N) is 1. The quantitative estimate of drug-likeness (QED) is 0.633. The molecule has 3 rings (SSSR count). The molecule has 3 nitrogen and oxygen atoms in total. The second kappa shape index (κ2) is 5.82. The zero-order valence-electron chi connectivity index (χ0n) is 14.9. The van der Waals surface area contributed by atoms with Crippen molar-refractivity contribution >= 4 is 11.8 Å². The van der Waals surface area contributed by atoms with Gasteiger partial charge in [0.1, 0.15) is 5.75 Å². The number of hydrogen-bond donors (Lipinski definition) is 0. The normalized spacial score (nSPS) is 11.7. The Morgan fingerprint density at radius 2 is 1.83 bits per heavy atom. The standard InChI is InChI=1S/C21H23NO2/c1-14-6-8-16-11-17(19(13-23)22(16)12-14)15-7-9-20(24-5)18(10-15)21(2,3)4/h6-13H,1-5H3. The Bertz CT molecular complexity index is 913. The van der Waals surface area contributed by atoms with Crippen LogP contribution in [0.25, 0.3) is 16.6 Å². The van der Waals surface area contributed by atoms with Gasteiger partial charge in [-0.15, -0.1) is 0 Å². The van der Waals surface area contributed by atoms with Gasteiger partial charge in [-0.3, -0.25) is 4.79 Å². The second-order valence-corrected chi connectivity index (χ2v) is 7.23. The zero-order chi connectivity index (χ0) is 17.5. The van der Waals surface area contributed by atoms with Gasteiger partial charge in [0.25, 0.3) is 0 Å². The monoisotopic (exact) mass is 321 g/mol. The lowest BCUT2D eigenvalue weighted by molar-refractivity contribution is 0.111. The molecule has 0 radical (unpaired) electrons. The molecule has 2 aromatic heterocycles. The van der Waals surface area contributed by atoms with E-state index in [-0.39, 0.29) is 5.41 Å². The van der Waals surface area contributed by atoms with E-state index in [1.807, 2.05) is 35.7 Å². The summed E-state index contributed by atoms with van der Waals surface area (Å²) in [4.78, 5) is 11.7. The first kappa shape index (κ1) is 16.3. The Morgan fingerprint density at radius 1 is 1.08 bits per heavy atom. The molecule has 24 heavy (non-hydrogen) atoms. The summed E-state index contributed by atoms with van der Waals surface area (Å²) in [6, 6.07) is 12.3. The average molecular weight is 321 g/mol. The van der Waals surface area contributed by atoms with Crippen LogP contribution in [0.3, 0.4) is 0 Å². The number of ether oxygens (including phenoxy) is 1. The Morgan fingerprint density at radius 3 is 2.46 bits per heavy atom. The summed E-state index contributed by atoms with van der Waals surface area (Å²) in [7, 11) is 1.69. The van der Waals surface area contributed by atoms with Crippen molar-refractivity contribution in [3.05, 3.63) is 59.4 Å². The van der Waals surface area contributed by atoms with Crippen molar-refractivity contribution in [2.75, 3.05) is 7.11 Å². The van der Waals surface area contributed by atoms with Gasteiger partial charge >= 0.3 is 0 Å². The van der Waals surface area contributed by atoms with E-state index in [2.05, 4.69) is 39.0 Å². The van der Waals surface area contributed by atoms with E-state index in [0.29, 0.717) is 5.69 Å². The number of pyridine rings is 1. The number of aldehydes is 1. The van der Waals surface area contributed by atoms with Gasteiger partial charge in [-0.05, 0) is 47.7 Å². The third-order valence-corrected chi connectivity index (χ3v) is 4.39. The Kier molecular flexibility index (Phi) is 3.96. The lowest BCUT2D eigenvalue weighted by Crippen LogP contribution is -2.13. The fraction of sp³-hybridized carbons (Fsp3) is 0.286. The fourth-order valence-electron chi connectivity index (χ4n) is 3.11. The molecule has 0 atom stereocenters. The lowest BCUT2D eigenvalue weighted by atomic mass is 9.84. The van der Waals surface area contributed by atoms with Crippen LogP contribution in [0.5, 0.6) is 5.75 Å². The van der Waals surface area contributed by atoms with Crippen molar-refractivity contribution in [2.24, 2.45) is 0 Å². The van der Waals surface area contributed by atoms with Gasteiger partial charge in [0, 0.05) is 22.8 Å². The zero-order valence-corrected chi connectivity index (χ0v) is 14.9. The molecule has 0 bridgehead atoms. The van der Waals surface area contributed by atoms with Gasteiger partial charge in [0.05, 0.1) is 12.8 Å². The van der Waals surface area contributed by atoms with E-state index in [1.54, 1.807) is 7.11 Å². The van der Waals surface area contributed by atoms with Crippen molar-refractivity contribution in [3.8, 4) is 16.9 Å². The molecular weight excluding hydrogens is 298 g/mol. The molecule has 0 spiro atoms. The summed E-state index contributed by atoms with van der Waals surface area (Å²) in [5.74, 6) is 0.874. The van der Waals surface area contributed by atoms with Crippen molar-refractivity contribution in [2.45, 2.75) is 33.1 Å². The molecule has 0 saturated carbocycles. The van der Waals surface area contributed by atoms with Crippen LogP contribution in [0, 0.1) is 6.92 Å². The smallest absolute Gasteiger partial charge is 0.167 e. The predicted octanol–water partition coefficient (Wildman–Crippen LogP) is 5.03. The minimum atomic E-state index is -0.0432. The number of aryl methyl sites for hydroxylation is 1. The topological polar surface area (TPSA) is 30.7 Å². The summed E-state index contributed by atoms with van der Waals surface area (Å²) < 4.78 is 7.48. The van der Waals surface area contributed by atoms with Gasteiger partial charge in [0.15, 0.2) is 6.29 Å². The van der Waals surface area contributed by atoms with Gasteiger partial charge in [-0.2, -0.15) is 0 Å². The summed E-state index contributed by atoms with van der Waals surface area (Å²) >= 11 is 0. The third kappa shape index (κ3) is 2.71.